The predicted octanol–water partition coefficient (Wildman–Crippen LogP) is 3.28. The van der Waals surface area contributed by atoms with Crippen molar-refractivity contribution in [1.82, 2.24) is 15.6 Å². The number of amides is 2. The van der Waals surface area contributed by atoms with E-state index in [2.05, 4.69) is 22.5 Å². The lowest BCUT2D eigenvalue weighted by atomic mass is 10.2. The Bertz CT molecular complexity index is 519. The standard InChI is InChI=1S/C14H19N3OS/c1-3-6-10(2)16-14(18)15-9-13-17-11-7-4-5-8-12(11)19-13/h4-5,7-8,10H,3,6,9H2,1-2H3,(H2,15,16,18)/t10-/m0/s1. The van der Waals surface area contributed by atoms with Crippen molar-refractivity contribution in [1.29, 1.82) is 0 Å². The minimum absolute atomic E-state index is 0.125. The molecule has 1 heterocycles. The monoisotopic (exact) mass is 277 g/mol. The number of hydrogen-bond donors (Lipinski definition) is 2. The molecule has 1 aromatic carbocycles. The molecule has 2 aromatic rings. The van der Waals surface area contributed by atoms with E-state index in [-0.39, 0.29) is 12.1 Å². The lowest BCUT2D eigenvalue weighted by molar-refractivity contribution is 0.236. The number of thiazole rings is 1. The lowest BCUT2D eigenvalue weighted by Crippen LogP contribution is -2.40. The summed E-state index contributed by atoms with van der Waals surface area (Å²) in [5.74, 6) is 0. The highest BCUT2D eigenvalue weighted by Gasteiger charge is 2.07. The van der Waals surface area contributed by atoms with Gasteiger partial charge in [-0.25, -0.2) is 9.78 Å². The molecule has 19 heavy (non-hydrogen) atoms. The van der Waals surface area contributed by atoms with E-state index in [1.807, 2.05) is 31.2 Å². The number of urea groups is 1. The fraction of sp³-hybridized carbons (Fsp3) is 0.429. The fourth-order valence-electron chi connectivity index (χ4n) is 1.93. The van der Waals surface area contributed by atoms with Crippen LogP contribution in [0.1, 0.15) is 31.7 Å². The summed E-state index contributed by atoms with van der Waals surface area (Å²) in [6, 6.07) is 8.08. The molecular formula is C14H19N3OS. The molecule has 0 spiro atoms. The first kappa shape index (κ1) is 13.8. The second-order valence-electron chi connectivity index (χ2n) is 4.59. The molecule has 4 nitrogen and oxygen atoms in total. The molecule has 0 aliphatic heterocycles. The highest BCUT2D eigenvalue weighted by atomic mass is 32.1. The molecule has 0 unspecified atom stereocenters. The van der Waals surface area contributed by atoms with Crippen LogP contribution in [-0.2, 0) is 6.54 Å². The van der Waals surface area contributed by atoms with Gasteiger partial charge in [-0.3, -0.25) is 0 Å². The molecule has 2 rings (SSSR count). The lowest BCUT2D eigenvalue weighted by Gasteiger charge is -2.12. The summed E-state index contributed by atoms with van der Waals surface area (Å²) in [5, 5.41) is 6.69. The van der Waals surface area contributed by atoms with Gasteiger partial charge in [0.2, 0.25) is 0 Å². The number of aromatic nitrogens is 1. The van der Waals surface area contributed by atoms with Crippen LogP contribution < -0.4 is 10.6 Å². The van der Waals surface area contributed by atoms with Gasteiger partial charge >= 0.3 is 6.03 Å². The third-order valence-electron chi connectivity index (χ3n) is 2.84. The molecule has 0 fully saturated rings. The van der Waals surface area contributed by atoms with Crippen molar-refractivity contribution in [3.63, 3.8) is 0 Å². The second kappa shape index (κ2) is 6.52. The van der Waals surface area contributed by atoms with Crippen molar-refractivity contribution in [3.05, 3.63) is 29.3 Å². The van der Waals surface area contributed by atoms with E-state index in [0.717, 1.165) is 28.1 Å². The van der Waals surface area contributed by atoms with E-state index < -0.39 is 0 Å². The van der Waals surface area contributed by atoms with E-state index in [9.17, 15) is 4.79 Å². The molecule has 0 aliphatic carbocycles. The largest absolute Gasteiger partial charge is 0.336 e. The summed E-state index contributed by atoms with van der Waals surface area (Å²) in [4.78, 5) is 16.1. The molecule has 102 valence electrons. The smallest absolute Gasteiger partial charge is 0.315 e. The van der Waals surface area contributed by atoms with Crippen molar-refractivity contribution in [2.24, 2.45) is 0 Å². The van der Waals surface area contributed by atoms with Gasteiger partial charge in [0.15, 0.2) is 0 Å². The SMILES string of the molecule is CCC[C@H](C)NC(=O)NCc1nc2ccccc2s1. The zero-order valence-corrected chi connectivity index (χ0v) is 12.1. The van der Waals surface area contributed by atoms with Crippen molar-refractivity contribution in [3.8, 4) is 0 Å². The quantitative estimate of drug-likeness (QED) is 0.881. The molecule has 2 N–H and O–H groups in total. The van der Waals surface area contributed by atoms with Crippen LogP contribution in [-0.4, -0.2) is 17.1 Å². The Balaban J connectivity index is 1.86. The molecule has 0 bridgehead atoms. The zero-order valence-electron chi connectivity index (χ0n) is 11.3. The average molecular weight is 277 g/mol. The summed E-state index contributed by atoms with van der Waals surface area (Å²) < 4.78 is 1.15. The van der Waals surface area contributed by atoms with Gasteiger partial charge in [0.1, 0.15) is 5.01 Å². The Labute approximate surface area is 117 Å². The van der Waals surface area contributed by atoms with Gasteiger partial charge in [-0.15, -0.1) is 11.3 Å². The Kier molecular flexibility index (Phi) is 4.74. The molecule has 0 aliphatic rings. The van der Waals surface area contributed by atoms with Crippen molar-refractivity contribution in [2.45, 2.75) is 39.3 Å². The van der Waals surface area contributed by atoms with Crippen LogP contribution >= 0.6 is 11.3 Å². The van der Waals surface area contributed by atoms with Gasteiger partial charge in [0.05, 0.1) is 16.8 Å². The Morgan fingerprint density at radius 3 is 2.95 bits per heavy atom. The van der Waals surface area contributed by atoms with E-state index in [4.69, 9.17) is 0 Å². The predicted molar refractivity (Wildman–Crippen MR) is 79.4 cm³/mol. The van der Waals surface area contributed by atoms with Crippen LogP contribution in [0.15, 0.2) is 24.3 Å². The molecule has 0 saturated heterocycles. The summed E-state index contributed by atoms with van der Waals surface area (Å²) in [6.07, 6.45) is 2.06. The minimum Gasteiger partial charge on any atom is -0.336 e. The van der Waals surface area contributed by atoms with Crippen molar-refractivity contribution in [2.75, 3.05) is 0 Å². The third kappa shape index (κ3) is 3.92. The summed E-state index contributed by atoms with van der Waals surface area (Å²) in [7, 11) is 0. The van der Waals surface area contributed by atoms with Crippen LogP contribution in [0.4, 0.5) is 4.79 Å². The molecule has 1 atom stereocenters. The van der Waals surface area contributed by atoms with Gasteiger partial charge in [-0.2, -0.15) is 0 Å². The summed E-state index contributed by atoms with van der Waals surface area (Å²) in [6.45, 7) is 4.60. The normalized spacial score (nSPS) is 12.3. The Hall–Kier alpha value is -1.62. The topological polar surface area (TPSA) is 54.0 Å². The number of nitrogens with zero attached hydrogens (tertiary/aromatic N) is 1. The first-order valence-electron chi connectivity index (χ1n) is 6.58. The maximum absolute atomic E-state index is 11.7. The highest BCUT2D eigenvalue weighted by Crippen LogP contribution is 2.21. The molecule has 5 heteroatoms. The average Bonchev–Trinajstić information content (AvgIpc) is 2.79. The number of fused-ring (bicyclic) bond motifs is 1. The molecular weight excluding hydrogens is 258 g/mol. The Morgan fingerprint density at radius 1 is 1.42 bits per heavy atom. The third-order valence-corrected chi connectivity index (χ3v) is 3.87. The van der Waals surface area contributed by atoms with Crippen LogP contribution in [0.5, 0.6) is 0 Å². The maximum atomic E-state index is 11.7. The van der Waals surface area contributed by atoms with Crippen LogP contribution in [0.25, 0.3) is 10.2 Å². The number of rotatable bonds is 5. The van der Waals surface area contributed by atoms with Gasteiger partial charge in [-0.1, -0.05) is 25.5 Å². The highest BCUT2D eigenvalue weighted by molar-refractivity contribution is 7.18. The number of hydrogen-bond acceptors (Lipinski definition) is 3. The van der Waals surface area contributed by atoms with Crippen LogP contribution in [0.2, 0.25) is 0 Å². The molecule has 0 radical (unpaired) electrons. The molecule has 2 amide bonds. The van der Waals surface area contributed by atoms with Gasteiger partial charge < -0.3 is 10.6 Å². The zero-order chi connectivity index (χ0) is 13.7. The van der Waals surface area contributed by atoms with Gasteiger partial charge in [0, 0.05) is 6.04 Å². The van der Waals surface area contributed by atoms with Gasteiger partial charge in [0.25, 0.3) is 0 Å². The van der Waals surface area contributed by atoms with Crippen molar-refractivity contribution >= 4 is 27.6 Å². The first-order valence-corrected chi connectivity index (χ1v) is 7.39. The van der Waals surface area contributed by atoms with Crippen molar-refractivity contribution < 1.29 is 4.79 Å². The summed E-state index contributed by atoms with van der Waals surface area (Å²) >= 11 is 1.61. The first-order chi connectivity index (χ1) is 9.19. The number of nitrogens with one attached hydrogen (secondary N) is 2. The maximum Gasteiger partial charge on any atom is 0.315 e. The van der Waals surface area contributed by atoms with E-state index in [1.54, 1.807) is 11.3 Å². The number of carbonyl (C=O) groups excluding carboxylic acids is 1. The number of para-hydroxylation sites is 1. The molecule has 0 saturated carbocycles. The van der Waals surface area contributed by atoms with E-state index >= 15 is 0 Å². The number of carbonyl (C=O) groups is 1. The minimum atomic E-state index is -0.125. The molecule has 1 aromatic heterocycles. The van der Waals surface area contributed by atoms with E-state index in [1.165, 1.54) is 0 Å². The van der Waals surface area contributed by atoms with Crippen LogP contribution in [0.3, 0.4) is 0 Å². The Morgan fingerprint density at radius 2 is 2.21 bits per heavy atom. The van der Waals surface area contributed by atoms with E-state index in [0.29, 0.717) is 6.54 Å². The second-order valence-corrected chi connectivity index (χ2v) is 5.71. The fourth-order valence-corrected chi connectivity index (χ4v) is 2.84. The van der Waals surface area contributed by atoms with Gasteiger partial charge in [-0.05, 0) is 25.5 Å². The number of benzene rings is 1. The van der Waals surface area contributed by atoms with Crippen LogP contribution in [0, 0.1) is 0 Å². The summed E-state index contributed by atoms with van der Waals surface area (Å²) in [5.41, 5.74) is 0.990.